The van der Waals surface area contributed by atoms with Gasteiger partial charge in [0, 0.05) is 16.6 Å². The van der Waals surface area contributed by atoms with Gasteiger partial charge in [0.15, 0.2) is 17.2 Å². The van der Waals surface area contributed by atoms with Crippen molar-refractivity contribution < 1.29 is 28.6 Å². The average Bonchev–Trinajstić information content (AvgIpc) is 3.27. The van der Waals surface area contributed by atoms with Crippen molar-refractivity contribution in [1.82, 2.24) is 0 Å². The molecule has 0 aromatic heterocycles. The van der Waals surface area contributed by atoms with Gasteiger partial charge in [-0.2, -0.15) is 0 Å². The topological polar surface area (TPSA) is 89.3 Å². The van der Waals surface area contributed by atoms with Gasteiger partial charge in [-0.1, -0.05) is 0 Å². The highest BCUT2D eigenvalue weighted by Crippen LogP contribution is 2.56. The lowest BCUT2D eigenvalue weighted by molar-refractivity contribution is -0.385. The van der Waals surface area contributed by atoms with Gasteiger partial charge in [-0.15, -0.1) is 11.8 Å². The van der Waals surface area contributed by atoms with Gasteiger partial charge in [0.25, 0.3) is 0 Å². The monoisotopic (exact) mass is 435 g/mol. The summed E-state index contributed by atoms with van der Waals surface area (Å²) in [5.74, 6) is 2.27. The predicted molar refractivity (Wildman–Crippen MR) is 115 cm³/mol. The molecule has 1 saturated heterocycles. The van der Waals surface area contributed by atoms with Gasteiger partial charge < -0.3 is 23.7 Å². The molecule has 1 heterocycles. The second-order valence-corrected chi connectivity index (χ2v) is 8.09. The molecule has 3 rings (SSSR count). The van der Waals surface area contributed by atoms with Crippen LogP contribution in [0.1, 0.15) is 34.5 Å². The Morgan fingerprint density at radius 3 is 1.60 bits per heavy atom. The van der Waals surface area contributed by atoms with Crippen molar-refractivity contribution in [3.8, 4) is 28.7 Å². The first-order valence-electron chi connectivity index (χ1n) is 9.33. The van der Waals surface area contributed by atoms with Gasteiger partial charge in [0.1, 0.15) is 0 Å². The number of hydrogen-bond donors (Lipinski definition) is 0. The normalized spacial score (nSPS) is 18.0. The molecular formula is C21H25NO7S. The Balaban J connectivity index is 1.92. The molecule has 30 heavy (non-hydrogen) atoms. The highest BCUT2D eigenvalue weighted by Gasteiger charge is 2.32. The van der Waals surface area contributed by atoms with Crippen LogP contribution in [0.4, 0.5) is 5.69 Å². The number of nitro groups is 1. The maximum atomic E-state index is 11.5. The fraction of sp³-hybridized carbons (Fsp3) is 0.429. The van der Waals surface area contributed by atoms with Crippen LogP contribution in [0.15, 0.2) is 24.3 Å². The zero-order valence-corrected chi connectivity index (χ0v) is 18.4. The van der Waals surface area contributed by atoms with Crippen molar-refractivity contribution in [2.75, 3.05) is 35.5 Å². The Kier molecular flexibility index (Phi) is 6.81. The van der Waals surface area contributed by atoms with E-state index < -0.39 is 4.92 Å². The van der Waals surface area contributed by atoms with Crippen LogP contribution in [-0.2, 0) is 0 Å². The maximum absolute atomic E-state index is 11.5. The molecule has 2 aromatic rings. The van der Waals surface area contributed by atoms with Crippen LogP contribution in [0.25, 0.3) is 0 Å². The van der Waals surface area contributed by atoms with Crippen LogP contribution >= 0.6 is 11.8 Å². The van der Waals surface area contributed by atoms with E-state index in [-0.39, 0.29) is 21.9 Å². The van der Waals surface area contributed by atoms with Gasteiger partial charge in [-0.25, -0.2) is 0 Å². The number of benzene rings is 2. The highest BCUT2D eigenvalue weighted by molar-refractivity contribution is 8.00. The standard InChI is InChI=1S/C21H25NO7S/c1-25-15-9-12(8-14(22(23)24)20(15)28-4)18-6-7-19(30-18)13-10-16(26-2)21(29-5)17(11-13)27-3/h8-11,18-19H,6-7H2,1-5H3. The number of nitro benzene ring substituents is 1. The second kappa shape index (κ2) is 9.34. The third-order valence-corrected chi connectivity index (χ3v) is 6.80. The molecule has 0 saturated carbocycles. The summed E-state index contributed by atoms with van der Waals surface area (Å²) in [6.07, 6.45) is 1.79. The summed E-state index contributed by atoms with van der Waals surface area (Å²) >= 11 is 1.75. The van der Waals surface area contributed by atoms with Crippen molar-refractivity contribution in [3.05, 3.63) is 45.5 Å². The van der Waals surface area contributed by atoms with Gasteiger partial charge >= 0.3 is 5.69 Å². The van der Waals surface area contributed by atoms with E-state index in [2.05, 4.69) is 0 Å². The molecule has 2 atom stereocenters. The third kappa shape index (κ3) is 4.07. The lowest BCUT2D eigenvalue weighted by Crippen LogP contribution is -2.00. The smallest absolute Gasteiger partial charge is 0.315 e. The first-order chi connectivity index (χ1) is 14.5. The molecule has 0 aliphatic carbocycles. The summed E-state index contributed by atoms with van der Waals surface area (Å²) < 4.78 is 26.9. The quantitative estimate of drug-likeness (QED) is 0.425. The van der Waals surface area contributed by atoms with E-state index in [1.54, 1.807) is 39.2 Å². The Labute approximate surface area is 179 Å². The van der Waals surface area contributed by atoms with E-state index in [1.165, 1.54) is 14.2 Å². The minimum absolute atomic E-state index is 0.0904. The van der Waals surface area contributed by atoms with Gasteiger partial charge in [0.05, 0.1) is 40.5 Å². The summed E-state index contributed by atoms with van der Waals surface area (Å²) in [7, 11) is 7.63. The lowest BCUT2D eigenvalue weighted by atomic mass is 10.0. The van der Waals surface area contributed by atoms with Crippen molar-refractivity contribution >= 4 is 17.4 Å². The van der Waals surface area contributed by atoms with Crippen molar-refractivity contribution in [2.24, 2.45) is 0 Å². The molecule has 1 aliphatic heterocycles. The zero-order valence-electron chi connectivity index (χ0n) is 17.6. The summed E-state index contributed by atoms with van der Waals surface area (Å²) in [6.45, 7) is 0. The lowest BCUT2D eigenvalue weighted by Gasteiger charge is -2.18. The summed E-state index contributed by atoms with van der Waals surface area (Å²) in [4.78, 5) is 11.1. The molecule has 1 aliphatic rings. The third-order valence-electron chi connectivity index (χ3n) is 5.13. The average molecular weight is 435 g/mol. The maximum Gasteiger partial charge on any atom is 0.315 e. The molecule has 9 heteroatoms. The minimum Gasteiger partial charge on any atom is -0.493 e. The number of rotatable bonds is 8. The molecule has 2 unspecified atom stereocenters. The molecular weight excluding hydrogens is 410 g/mol. The van der Waals surface area contributed by atoms with Crippen LogP contribution in [0.2, 0.25) is 0 Å². The molecule has 0 amide bonds. The fourth-order valence-electron chi connectivity index (χ4n) is 3.70. The SMILES string of the molecule is COc1cc(C2CCC(c3cc(OC)c(OC)c([N+](=O)[O-])c3)S2)cc(OC)c1OC. The number of methoxy groups -OCH3 is 5. The molecule has 162 valence electrons. The second-order valence-electron chi connectivity index (χ2n) is 6.68. The summed E-state index contributed by atoms with van der Waals surface area (Å²) in [6, 6.07) is 7.31. The fourth-order valence-corrected chi connectivity index (χ4v) is 5.23. The molecule has 0 spiro atoms. The van der Waals surface area contributed by atoms with E-state index in [0.717, 1.165) is 24.0 Å². The van der Waals surface area contributed by atoms with Crippen molar-refractivity contribution in [3.63, 3.8) is 0 Å². The van der Waals surface area contributed by atoms with Crippen LogP contribution in [-0.4, -0.2) is 40.5 Å². The zero-order chi connectivity index (χ0) is 21.8. The van der Waals surface area contributed by atoms with Crippen molar-refractivity contribution in [1.29, 1.82) is 0 Å². The summed E-state index contributed by atoms with van der Waals surface area (Å²) in [5.41, 5.74) is 1.81. The van der Waals surface area contributed by atoms with E-state index >= 15 is 0 Å². The molecule has 2 aromatic carbocycles. The molecule has 0 radical (unpaired) electrons. The van der Waals surface area contributed by atoms with Gasteiger partial charge in [-0.05, 0) is 42.2 Å². The highest BCUT2D eigenvalue weighted by atomic mass is 32.2. The predicted octanol–water partition coefficient (Wildman–Crippen LogP) is 4.95. The Morgan fingerprint density at radius 2 is 1.20 bits per heavy atom. The largest absolute Gasteiger partial charge is 0.493 e. The Morgan fingerprint density at radius 1 is 0.767 bits per heavy atom. The Hall–Kier alpha value is -2.81. The number of hydrogen-bond acceptors (Lipinski definition) is 8. The number of ether oxygens (including phenoxy) is 5. The first-order valence-corrected chi connectivity index (χ1v) is 10.3. The first kappa shape index (κ1) is 21.9. The molecule has 0 N–H and O–H groups in total. The van der Waals surface area contributed by atoms with Gasteiger partial charge in [0.2, 0.25) is 11.5 Å². The summed E-state index contributed by atoms with van der Waals surface area (Å²) in [5, 5.41) is 11.8. The molecule has 0 bridgehead atoms. The number of nitrogens with zero attached hydrogens (tertiary/aromatic N) is 1. The van der Waals surface area contributed by atoms with Crippen molar-refractivity contribution in [2.45, 2.75) is 23.3 Å². The Bertz CT molecular complexity index is 909. The van der Waals surface area contributed by atoms with E-state index in [1.807, 2.05) is 18.2 Å². The van der Waals surface area contributed by atoms with Crippen LogP contribution in [0.5, 0.6) is 28.7 Å². The van der Waals surface area contributed by atoms with Crippen LogP contribution < -0.4 is 23.7 Å². The van der Waals surface area contributed by atoms with E-state index in [4.69, 9.17) is 23.7 Å². The minimum atomic E-state index is -0.443. The van der Waals surface area contributed by atoms with Crippen LogP contribution in [0.3, 0.4) is 0 Å². The number of thioether (sulfide) groups is 1. The van der Waals surface area contributed by atoms with E-state index in [9.17, 15) is 10.1 Å². The van der Waals surface area contributed by atoms with E-state index in [0.29, 0.717) is 23.0 Å². The van der Waals surface area contributed by atoms with Gasteiger partial charge in [-0.3, -0.25) is 10.1 Å². The van der Waals surface area contributed by atoms with Crippen LogP contribution in [0, 0.1) is 10.1 Å². The molecule has 8 nitrogen and oxygen atoms in total. The molecule has 1 fully saturated rings.